The van der Waals surface area contributed by atoms with E-state index in [4.69, 9.17) is 19.5 Å². The highest BCUT2D eigenvalue weighted by Crippen LogP contribution is 2.33. The third-order valence-electron chi connectivity index (χ3n) is 3.18. The first kappa shape index (κ1) is 13.2. The van der Waals surface area contributed by atoms with Crippen LogP contribution in [0.1, 0.15) is 25.7 Å². The van der Waals surface area contributed by atoms with Crippen molar-refractivity contribution in [1.82, 2.24) is 0 Å². The standard InChI is InChI=1S/C12H16BFO4/c1-17-10-7-6-9(13(15)16)11(14)12(10)18-8-4-2-3-5-8/h6-8,15-16H,2-5H2,1H3. The first-order chi connectivity index (χ1) is 8.63. The summed E-state index contributed by atoms with van der Waals surface area (Å²) >= 11 is 0. The van der Waals surface area contributed by atoms with Gasteiger partial charge in [0.2, 0.25) is 0 Å². The van der Waals surface area contributed by atoms with Crippen LogP contribution < -0.4 is 14.9 Å². The van der Waals surface area contributed by atoms with Gasteiger partial charge in [0, 0.05) is 5.46 Å². The van der Waals surface area contributed by atoms with E-state index in [9.17, 15) is 4.39 Å². The van der Waals surface area contributed by atoms with Gasteiger partial charge in [-0.2, -0.15) is 0 Å². The summed E-state index contributed by atoms with van der Waals surface area (Å²) < 4.78 is 24.7. The Morgan fingerprint density at radius 3 is 2.50 bits per heavy atom. The Bertz CT molecular complexity index is 419. The van der Waals surface area contributed by atoms with Gasteiger partial charge in [-0.1, -0.05) is 6.07 Å². The maximum Gasteiger partial charge on any atom is 0.491 e. The molecule has 1 aromatic rings. The van der Waals surface area contributed by atoms with Crippen LogP contribution in [0.15, 0.2) is 12.1 Å². The van der Waals surface area contributed by atoms with Gasteiger partial charge in [-0.05, 0) is 31.7 Å². The monoisotopic (exact) mass is 254 g/mol. The van der Waals surface area contributed by atoms with Crippen LogP contribution in [0.3, 0.4) is 0 Å². The van der Waals surface area contributed by atoms with Crippen LogP contribution in [0.2, 0.25) is 0 Å². The van der Waals surface area contributed by atoms with Gasteiger partial charge in [-0.25, -0.2) is 4.39 Å². The maximum atomic E-state index is 14.1. The lowest BCUT2D eigenvalue weighted by Gasteiger charge is -2.17. The lowest BCUT2D eigenvalue weighted by atomic mass is 9.79. The van der Waals surface area contributed by atoms with Crippen molar-refractivity contribution in [2.24, 2.45) is 0 Å². The van der Waals surface area contributed by atoms with E-state index >= 15 is 0 Å². The molecule has 4 nitrogen and oxygen atoms in total. The van der Waals surface area contributed by atoms with Gasteiger partial charge in [0.15, 0.2) is 17.3 Å². The first-order valence-corrected chi connectivity index (χ1v) is 6.02. The van der Waals surface area contributed by atoms with Crippen molar-refractivity contribution in [2.45, 2.75) is 31.8 Å². The van der Waals surface area contributed by atoms with E-state index in [-0.39, 0.29) is 23.1 Å². The van der Waals surface area contributed by atoms with E-state index in [0.717, 1.165) is 25.7 Å². The molecule has 6 heteroatoms. The summed E-state index contributed by atoms with van der Waals surface area (Å²) in [5, 5.41) is 18.1. The van der Waals surface area contributed by atoms with Crippen molar-refractivity contribution in [3.8, 4) is 11.5 Å². The number of hydrogen-bond acceptors (Lipinski definition) is 4. The summed E-state index contributed by atoms with van der Waals surface area (Å²) in [6.07, 6.45) is 3.87. The van der Waals surface area contributed by atoms with Crippen LogP contribution in [-0.4, -0.2) is 30.4 Å². The van der Waals surface area contributed by atoms with E-state index in [2.05, 4.69) is 0 Å². The lowest BCUT2D eigenvalue weighted by molar-refractivity contribution is 0.191. The number of rotatable bonds is 4. The van der Waals surface area contributed by atoms with Crippen molar-refractivity contribution in [3.63, 3.8) is 0 Å². The fourth-order valence-electron chi connectivity index (χ4n) is 2.20. The predicted molar refractivity (Wildman–Crippen MR) is 65.7 cm³/mol. The van der Waals surface area contributed by atoms with Crippen molar-refractivity contribution in [2.75, 3.05) is 7.11 Å². The number of benzene rings is 1. The quantitative estimate of drug-likeness (QED) is 0.781. The van der Waals surface area contributed by atoms with Crippen LogP contribution in [-0.2, 0) is 0 Å². The summed E-state index contributed by atoms with van der Waals surface area (Å²) in [7, 11) is -0.437. The average Bonchev–Trinajstić information content (AvgIpc) is 2.84. The molecule has 0 amide bonds. The minimum absolute atomic E-state index is 0.0283. The van der Waals surface area contributed by atoms with Crippen LogP contribution in [0.4, 0.5) is 4.39 Å². The van der Waals surface area contributed by atoms with Crippen LogP contribution in [0.25, 0.3) is 0 Å². The summed E-state index contributed by atoms with van der Waals surface area (Å²) in [6, 6.07) is 2.75. The minimum Gasteiger partial charge on any atom is -0.493 e. The van der Waals surface area contributed by atoms with Crippen molar-refractivity contribution >= 4 is 12.6 Å². The number of halogens is 1. The van der Waals surface area contributed by atoms with Crippen LogP contribution in [0.5, 0.6) is 11.5 Å². The Kier molecular flexibility index (Phi) is 4.09. The summed E-state index contributed by atoms with van der Waals surface area (Å²) in [4.78, 5) is 0. The molecule has 98 valence electrons. The molecule has 1 aliphatic rings. The smallest absolute Gasteiger partial charge is 0.491 e. The van der Waals surface area contributed by atoms with Gasteiger partial charge >= 0.3 is 7.12 Å². The van der Waals surface area contributed by atoms with E-state index < -0.39 is 12.9 Å². The van der Waals surface area contributed by atoms with Crippen molar-refractivity contribution in [3.05, 3.63) is 17.9 Å². The minimum atomic E-state index is -1.86. The second kappa shape index (κ2) is 5.58. The molecule has 2 rings (SSSR count). The molecule has 1 aromatic carbocycles. The SMILES string of the molecule is COc1ccc(B(O)O)c(F)c1OC1CCCC1. The van der Waals surface area contributed by atoms with Crippen molar-refractivity contribution in [1.29, 1.82) is 0 Å². The Morgan fingerprint density at radius 2 is 1.94 bits per heavy atom. The van der Waals surface area contributed by atoms with E-state index in [1.54, 1.807) is 0 Å². The molecular formula is C12H16BFO4. The predicted octanol–water partition coefficient (Wildman–Crippen LogP) is 0.835. The third kappa shape index (κ3) is 2.59. The van der Waals surface area contributed by atoms with Gasteiger partial charge in [0.25, 0.3) is 0 Å². The maximum absolute atomic E-state index is 14.1. The molecule has 0 saturated heterocycles. The Hall–Kier alpha value is -1.27. The van der Waals surface area contributed by atoms with E-state index in [1.807, 2.05) is 0 Å². The topological polar surface area (TPSA) is 58.9 Å². The molecule has 0 radical (unpaired) electrons. The Labute approximate surface area is 105 Å². The molecule has 0 bridgehead atoms. The molecule has 18 heavy (non-hydrogen) atoms. The third-order valence-corrected chi connectivity index (χ3v) is 3.18. The van der Waals surface area contributed by atoms with Gasteiger partial charge in [-0.15, -0.1) is 0 Å². The second-order valence-electron chi connectivity index (χ2n) is 4.40. The molecule has 0 aliphatic heterocycles. The molecule has 0 heterocycles. The highest BCUT2D eigenvalue weighted by atomic mass is 19.1. The molecule has 1 aliphatic carbocycles. The fourth-order valence-corrected chi connectivity index (χ4v) is 2.20. The first-order valence-electron chi connectivity index (χ1n) is 6.02. The Morgan fingerprint density at radius 1 is 1.28 bits per heavy atom. The molecule has 0 spiro atoms. The van der Waals surface area contributed by atoms with Gasteiger partial charge in [-0.3, -0.25) is 0 Å². The molecule has 0 atom stereocenters. The molecular weight excluding hydrogens is 238 g/mol. The molecule has 0 aromatic heterocycles. The summed E-state index contributed by atoms with van der Waals surface area (Å²) in [5.41, 5.74) is -0.205. The molecule has 1 saturated carbocycles. The van der Waals surface area contributed by atoms with Crippen LogP contribution >= 0.6 is 0 Å². The van der Waals surface area contributed by atoms with Crippen LogP contribution in [0, 0.1) is 5.82 Å². The normalized spacial score (nSPS) is 15.8. The second-order valence-corrected chi connectivity index (χ2v) is 4.40. The zero-order valence-electron chi connectivity index (χ0n) is 10.2. The summed E-state index contributed by atoms with van der Waals surface area (Å²) in [5.74, 6) is -0.532. The van der Waals surface area contributed by atoms with Gasteiger partial charge in [0.1, 0.15) is 0 Å². The van der Waals surface area contributed by atoms with Crippen molar-refractivity contribution < 1.29 is 23.9 Å². The number of ether oxygens (including phenoxy) is 2. The number of methoxy groups -OCH3 is 1. The largest absolute Gasteiger partial charge is 0.493 e. The van der Waals surface area contributed by atoms with E-state index in [1.165, 1.54) is 19.2 Å². The summed E-state index contributed by atoms with van der Waals surface area (Å²) in [6.45, 7) is 0. The Balaban J connectivity index is 2.31. The zero-order chi connectivity index (χ0) is 13.1. The van der Waals surface area contributed by atoms with E-state index in [0.29, 0.717) is 0 Å². The molecule has 2 N–H and O–H groups in total. The highest BCUT2D eigenvalue weighted by molar-refractivity contribution is 6.58. The zero-order valence-corrected chi connectivity index (χ0v) is 10.2. The van der Waals surface area contributed by atoms with Gasteiger partial charge < -0.3 is 19.5 Å². The lowest BCUT2D eigenvalue weighted by Crippen LogP contribution is -2.33. The fraction of sp³-hybridized carbons (Fsp3) is 0.500. The molecule has 1 fully saturated rings. The average molecular weight is 254 g/mol. The number of hydrogen-bond donors (Lipinski definition) is 2. The molecule has 0 unspecified atom stereocenters. The highest BCUT2D eigenvalue weighted by Gasteiger charge is 2.26. The van der Waals surface area contributed by atoms with Gasteiger partial charge in [0.05, 0.1) is 13.2 Å².